The van der Waals surface area contributed by atoms with E-state index in [1.54, 1.807) is 0 Å². The number of nitrogens with two attached hydrogens (primary N) is 1. The zero-order valence-electron chi connectivity index (χ0n) is 37.1. The Morgan fingerprint density at radius 1 is 0.790 bits per heavy atom. The second-order valence-corrected chi connectivity index (χ2v) is 15.8. The summed E-state index contributed by atoms with van der Waals surface area (Å²) in [5, 5.41) is 2.36. The van der Waals surface area contributed by atoms with Crippen molar-refractivity contribution in [3.05, 3.63) is 197 Å². The smallest absolute Gasteiger partial charge is 0.0547 e. The molecule has 7 rings (SSSR count). The van der Waals surface area contributed by atoms with E-state index in [1.165, 1.54) is 10.9 Å². The molecular formula is C58H60N4. The highest BCUT2D eigenvalue weighted by atomic mass is 15.0. The van der Waals surface area contributed by atoms with Crippen LogP contribution < -0.4 is 5.73 Å². The van der Waals surface area contributed by atoms with E-state index in [1.807, 2.05) is 24.3 Å². The zero-order valence-corrected chi connectivity index (χ0v) is 37.1. The summed E-state index contributed by atoms with van der Waals surface area (Å²) in [7, 11) is 0. The van der Waals surface area contributed by atoms with E-state index in [2.05, 4.69) is 207 Å². The number of allylic oxidation sites excluding steroid dienone is 9. The number of fused-ring (bicyclic) bond motifs is 3. The van der Waals surface area contributed by atoms with Gasteiger partial charge in [-0.2, -0.15) is 0 Å². The summed E-state index contributed by atoms with van der Waals surface area (Å²) in [6.07, 6.45) is 36.0. The second kappa shape index (κ2) is 19.7. The molecule has 3 aromatic carbocycles. The number of hydrogen-bond acceptors (Lipinski definition) is 1. The van der Waals surface area contributed by atoms with Crippen molar-refractivity contribution < 1.29 is 0 Å². The van der Waals surface area contributed by atoms with Gasteiger partial charge < -0.3 is 19.4 Å². The number of nitrogens with zero attached hydrogens (tertiary/aromatic N) is 3. The van der Waals surface area contributed by atoms with E-state index in [9.17, 15) is 0 Å². The summed E-state index contributed by atoms with van der Waals surface area (Å²) < 4.78 is 7.06. The van der Waals surface area contributed by atoms with Crippen LogP contribution in [0.1, 0.15) is 123 Å². The fourth-order valence-corrected chi connectivity index (χ4v) is 9.15. The highest BCUT2D eigenvalue weighted by molar-refractivity contribution is 5.99. The predicted molar refractivity (Wildman–Crippen MR) is 274 cm³/mol. The van der Waals surface area contributed by atoms with Crippen molar-refractivity contribution >= 4 is 75.7 Å². The lowest BCUT2D eigenvalue weighted by molar-refractivity contribution is 0.571. The fraction of sp³-hybridized carbons (Fsp3) is 0.190. The number of unbranched alkanes of at least 4 members (excludes halogenated alkanes) is 1. The Labute approximate surface area is 369 Å². The molecule has 6 aromatic rings. The highest BCUT2D eigenvalue weighted by Gasteiger charge is 2.26. The maximum Gasteiger partial charge on any atom is 0.0547 e. The first-order valence-corrected chi connectivity index (χ1v) is 22.1. The molecule has 2 unspecified atom stereocenters. The summed E-state index contributed by atoms with van der Waals surface area (Å²) in [6, 6.07) is 25.5. The van der Waals surface area contributed by atoms with E-state index in [0.29, 0.717) is 5.92 Å². The van der Waals surface area contributed by atoms with Crippen molar-refractivity contribution in [1.82, 2.24) is 13.7 Å². The maximum atomic E-state index is 6.98. The molecule has 3 aromatic heterocycles. The zero-order chi connectivity index (χ0) is 43.8. The molecule has 1 aliphatic carbocycles. The number of aromatic nitrogens is 3. The summed E-state index contributed by atoms with van der Waals surface area (Å²) in [6.45, 7) is 24.1. The van der Waals surface area contributed by atoms with Gasteiger partial charge in [0.1, 0.15) is 0 Å². The molecule has 2 atom stereocenters. The Morgan fingerprint density at radius 3 is 2.23 bits per heavy atom. The van der Waals surface area contributed by atoms with Gasteiger partial charge in [-0.3, -0.25) is 0 Å². The van der Waals surface area contributed by atoms with Crippen LogP contribution in [0.4, 0.5) is 0 Å². The van der Waals surface area contributed by atoms with Crippen molar-refractivity contribution in [3.8, 4) is 5.69 Å². The molecule has 0 bridgehead atoms. The Morgan fingerprint density at radius 2 is 1.52 bits per heavy atom. The van der Waals surface area contributed by atoms with Crippen LogP contribution in [0.3, 0.4) is 0 Å². The lowest BCUT2D eigenvalue weighted by Gasteiger charge is -2.18. The first kappa shape index (κ1) is 43.3. The van der Waals surface area contributed by atoms with Crippen LogP contribution in [-0.4, -0.2) is 13.7 Å². The molecule has 3 heterocycles. The molecule has 2 N–H and O–H groups in total. The monoisotopic (exact) mass is 812 g/mol. The minimum Gasteiger partial charge on any atom is -0.321 e. The van der Waals surface area contributed by atoms with Gasteiger partial charge in [0.2, 0.25) is 0 Å². The lowest BCUT2D eigenvalue weighted by atomic mass is 9.88. The number of hydrogen-bond donors (Lipinski definition) is 1. The van der Waals surface area contributed by atoms with Gasteiger partial charge in [-0.15, -0.1) is 5.73 Å². The van der Waals surface area contributed by atoms with E-state index in [4.69, 9.17) is 12.3 Å². The Hall–Kier alpha value is -6.84. The van der Waals surface area contributed by atoms with Crippen LogP contribution in [0, 0.1) is 0 Å². The summed E-state index contributed by atoms with van der Waals surface area (Å²) >= 11 is 0. The number of benzene rings is 3. The van der Waals surface area contributed by atoms with E-state index < -0.39 is 0 Å². The van der Waals surface area contributed by atoms with E-state index >= 15 is 0 Å². The van der Waals surface area contributed by atoms with Gasteiger partial charge in [0.25, 0.3) is 0 Å². The molecule has 62 heavy (non-hydrogen) atoms. The van der Waals surface area contributed by atoms with Crippen molar-refractivity contribution in [1.29, 1.82) is 0 Å². The van der Waals surface area contributed by atoms with Gasteiger partial charge >= 0.3 is 0 Å². The molecule has 0 saturated heterocycles. The molecule has 0 fully saturated rings. The highest BCUT2D eigenvalue weighted by Crippen LogP contribution is 2.42. The molecule has 1 aliphatic rings. The molecule has 0 spiro atoms. The SMILES string of the molecule is C=Cc1c2c(n(-c3ccc4c(c3)c(C(CC)CCCC)c(/C=C\C(N)c3ccccc3)n4C(/C=C\C)=C/C(=C)n3c(/C=C\C)c(C=C)c4ccccc43)c1/C=C\C)C=CC=C=C2. The van der Waals surface area contributed by atoms with Gasteiger partial charge in [-0.25, -0.2) is 0 Å². The van der Waals surface area contributed by atoms with Crippen LogP contribution in [-0.2, 0) is 0 Å². The molecular weight excluding hydrogens is 753 g/mol. The summed E-state index contributed by atoms with van der Waals surface area (Å²) in [5.74, 6) is 0.300. The average molecular weight is 813 g/mol. The first-order valence-electron chi connectivity index (χ1n) is 22.1. The largest absolute Gasteiger partial charge is 0.321 e. The Bertz CT molecular complexity index is 2890. The van der Waals surface area contributed by atoms with Crippen molar-refractivity contribution in [2.75, 3.05) is 0 Å². The summed E-state index contributed by atoms with van der Waals surface area (Å²) in [4.78, 5) is 0. The van der Waals surface area contributed by atoms with Crippen LogP contribution in [0.2, 0.25) is 0 Å². The number of para-hydroxylation sites is 1. The Kier molecular flexibility index (Phi) is 13.7. The second-order valence-electron chi connectivity index (χ2n) is 15.8. The van der Waals surface area contributed by atoms with Crippen molar-refractivity contribution in [2.45, 2.75) is 72.3 Å². The third-order valence-electron chi connectivity index (χ3n) is 11.9. The average Bonchev–Trinajstić information content (AvgIpc) is 3.81. The Balaban J connectivity index is 1.57. The van der Waals surface area contributed by atoms with Crippen molar-refractivity contribution in [2.24, 2.45) is 5.73 Å². The van der Waals surface area contributed by atoms with Gasteiger partial charge in [0.05, 0.1) is 33.8 Å². The summed E-state index contributed by atoms with van der Waals surface area (Å²) in [5.41, 5.74) is 25.5. The van der Waals surface area contributed by atoms with Gasteiger partial charge in [-0.1, -0.05) is 137 Å². The maximum absolute atomic E-state index is 6.98. The fourth-order valence-electron chi connectivity index (χ4n) is 9.15. The molecule has 0 saturated carbocycles. The minimum absolute atomic E-state index is 0.289. The predicted octanol–water partition coefficient (Wildman–Crippen LogP) is 15.9. The topological polar surface area (TPSA) is 40.8 Å². The van der Waals surface area contributed by atoms with E-state index in [0.717, 1.165) is 104 Å². The van der Waals surface area contributed by atoms with Gasteiger partial charge in [0, 0.05) is 50.6 Å². The van der Waals surface area contributed by atoms with Crippen LogP contribution >= 0.6 is 0 Å². The molecule has 4 nitrogen and oxygen atoms in total. The van der Waals surface area contributed by atoms with Gasteiger partial charge in [-0.05, 0) is 124 Å². The normalized spacial score (nSPS) is 14.0. The van der Waals surface area contributed by atoms with Gasteiger partial charge in [0.15, 0.2) is 0 Å². The molecule has 0 aliphatic heterocycles. The molecule has 0 amide bonds. The molecule has 4 heteroatoms. The quantitative estimate of drug-likeness (QED) is 0.0723. The minimum atomic E-state index is -0.289. The van der Waals surface area contributed by atoms with Crippen molar-refractivity contribution in [3.63, 3.8) is 0 Å². The van der Waals surface area contributed by atoms with Crippen LogP contribution in [0.15, 0.2) is 147 Å². The van der Waals surface area contributed by atoms with Crippen LogP contribution in [0.5, 0.6) is 0 Å². The lowest BCUT2D eigenvalue weighted by Crippen LogP contribution is -2.08. The van der Waals surface area contributed by atoms with Crippen LogP contribution in [0.25, 0.3) is 81.4 Å². The number of rotatable bonds is 17. The molecule has 312 valence electrons. The third kappa shape index (κ3) is 8.16. The molecule has 0 radical (unpaired) electrons. The van der Waals surface area contributed by atoms with E-state index in [-0.39, 0.29) is 6.04 Å². The standard InChI is InChI=1S/C58H60N4/c1-9-16-28-42(13-5)58-50-40-45(61-53(27-12-4)47(15-7)49-31-21-18-22-33-55(49)61)35-37-56(50)62(57(58)38-36-51(59)43-29-19-17-20-30-43)44(25-10-2)39-41(8)60-52(26-11-3)46(14-6)48-32-23-24-34-54(48)60/h10-12,14-15,17-20,22-27,29-40,42,51H,6-9,13,16,28,59H2,1-5H3/b25-10-,26-11-,27-12-,38-36-,44-39+. The first-order chi connectivity index (χ1) is 30.3. The third-order valence-corrected chi connectivity index (χ3v) is 11.9.